The molecule has 4 heterocycles. The Morgan fingerprint density at radius 1 is 1.04 bits per heavy atom. The van der Waals surface area contributed by atoms with Gasteiger partial charge in [-0.1, -0.05) is 5.16 Å². The Bertz CT molecular complexity index is 679. The molecule has 2 aromatic rings. The van der Waals surface area contributed by atoms with Crippen LogP contribution in [0.25, 0.3) is 0 Å². The van der Waals surface area contributed by atoms with Crippen molar-refractivity contribution in [3.8, 4) is 0 Å². The van der Waals surface area contributed by atoms with Crippen molar-refractivity contribution in [2.45, 2.75) is 25.7 Å². The van der Waals surface area contributed by atoms with Gasteiger partial charge in [-0.25, -0.2) is 9.97 Å². The second-order valence-corrected chi connectivity index (χ2v) is 7.50. The van der Waals surface area contributed by atoms with E-state index in [1.807, 2.05) is 18.7 Å². The molecule has 24 heavy (non-hydrogen) atoms. The minimum Gasteiger partial charge on any atom is -0.356 e. The highest BCUT2D eigenvalue weighted by Gasteiger charge is 2.26. The number of rotatable bonds is 3. The molecule has 2 aromatic heterocycles. The van der Waals surface area contributed by atoms with E-state index in [-0.39, 0.29) is 0 Å². The SMILES string of the molecule is Cc1noc(C2CCN(c3cc(N4CCSCC4)ncn3)CC2)n1. The third-order valence-electron chi connectivity index (χ3n) is 4.68. The first-order valence-electron chi connectivity index (χ1n) is 8.49. The molecule has 0 amide bonds. The van der Waals surface area contributed by atoms with E-state index < -0.39 is 0 Å². The molecule has 0 aliphatic carbocycles. The molecule has 0 bridgehead atoms. The normalized spacial score (nSPS) is 19.7. The number of nitrogens with zero attached hydrogens (tertiary/aromatic N) is 6. The number of hydrogen-bond acceptors (Lipinski definition) is 8. The minimum atomic E-state index is 0.364. The number of hydrogen-bond donors (Lipinski definition) is 0. The summed E-state index contributed by atoms with van der Waals surface area (Å²) < 4.78 is 5.33. The Balaban J connectivity index is 1.42. The predicted octanol–water partition coefficient (Wildman–Crippen LogP) is 2.11. The Kier molecular flexibility index (Phi) is 4.55. The summed E-state index contributed by atoms with van der Waals surface area (Å²) in [6.07, 6.45) is 3.72. The molecule has 2 aliphatic heterocycles. The fraction of sp³-hybridized carbons (Fsp3) is 0.625. The molecule has 0 atom stereocenters. The number of piperidine rings is 1. The van der Waals surface area contributed by atoms with Crippen LogP contribution in [0.4, 0.5) is 11.6 Å². The molecule has 2 aliphatic rings. The summed E-state index contributed by atoms with van der Waals surface area (Å²) in [5.74, 6) is 6.29. The molecular weight excluding hydrogens is 324 g/mol. The van der Waals surface area contributed by atoms with E-state index in [0.29, 0.717) is 11.7 Å². The molecule has 0 N–H and O–H groups in total. The van der Waals surface area contributed by atoms with Gasteiger partial charge in [0.1, 0.15) is 18.0 Å². The molecule has 0 unspecified atom stereocenters. The topological polar surface area (TPSA) is 71.2 Å². The van der Waals surface area contributed by atoms with Crippen molar-refractivity contribution >= 4 is 23.4 Å². The highest BCUT2D eigenvalue weighted by molar-refractivity contribution is 7.99. The molecule has 4 rings (SSSR count). The maximum atomic E-state index is 5.33. The standard InChI is InChI=1S/C16H22N6OS/c1-12-19-16(23-20-12)13-2-4-21(5-3-13)14-10-15(18-11-17-14)22-6-8-24-9-7-22/h10-11,13H,2-9H2,1H3. The van der Waals surface area contributed by atoms with Crippen LogP contribution in [0.2, 0.25) is 0 Å². The van der Waals surface area contributed by atoms with E-state index in [1.54, 1.807) is 6.33 Å². The van der Waals surface area contributed by atoms with Crippen molar-refractivity contribution in [1.29, 1.82) is 0 Å². The van der Waals surface area contributed by atoms with Crippen molar-refractivity contribution in [3.05, 3.63) is 24.1 Å². The first-order valence-corrected chi connectivity index (χ1v) is 9.65. The lowest BCUT2D eigenvalue weighted by Crippen LogP contribution is -2.35. The smallest absolute Gasteiger partial charge is 0.229 e. The summed E-state index contributed by atoms with van der Waals surface area (Å²) in [6, 6.07) is 2.13. The molecule has 7 nitrogen and oxygen atoms in total. The van der Waals surface area contributed by atoms with Gasteiger partial charge in [-0.3, -0.25) is 0 Å². The van der Waals surface area contributed by atoms with Gasteiger partial charge in [-0.2, -0.15) is 16.7 Å². The van der Waals surface area contributed by atoms with Gasteiger partial charge in [0, 0.05) is 49.7 Å². The molecule has 0 aromatic carbocycles. The molecule has 8 heteroatoms. The highest BCUT2D eigenvalue weighted by atomic mass is 32.2. The van der Waals surface area contributed by atoms with Gasteiger partial charge in [0.2, 0.25) is 5.89 Å². The Morgan fingerprint density at radius 3 is 2.33 bits per heavy atom. The highest BCUT2D eigenvalue weighted by Crippen LogP contribution is 2.29. The molecule has 0 saturated carbocycles. The van der Waals surface area contributed by atoms with Crippen molar-refractivity contribution in [3.63, 3.8) is 0 Å². The number of thioether (sulfide) groups is 1. The van der Waals surface area contributed by atoms with Gasteiger partial charge in [0.25, 0.3) is 0 Å². The lowest BCUT2D eigenvalue weighted by molar-refractivity contribution is 0.327. The number of aromatic nitrogens is 4. The van der Waals surface area contributed by atoms with Gasteiger partial charge >= 0.3 is 0 Å². The zero-order valence-corrected chi connectivity index (χ0v) is 14.7. The number of aryl methyl sites for hydroxylation is 1. The van der Waals surface area contributed by atoms with Crippen LogP contribution in [-0.4, -0.2) is 57.8 Å². The second kappa shape index (κ2) is 6.96. The lowest BCUT2D eigenvalue weighted by Gasteiger charge is -2.32. The van der Waals surface area contributed by atoms with Crippen LogP contribution in [0.3, 0.4) is 0 Å². The van der Waals surface area contributed by atoms with Crippen LogP contribution in [0, 0.1) is 6.92 Å². The quantitative estimate of drug-likeness (QED) is 0.837. The summed E-state index contributed by atoms with van der Waals surface area (Å²) in [7, 11) is 0. The first kappa shape index (κ1) is 15.7. The summed E-state index contributed by atoms with van der Waals surface area (Å²) >= 11 is 2.01. The van der Waals surface area contributed by atoms with E-state index in [4.69, 9.17) is 4.52 Å². The second-order valence-electron chi connectivity index (χ2n) is 6.27. The van der Waals surface area contributed by atoms with E-state index in [2.05, 4.69) is 36.0 Å². The molecule has 2 fully saturated rings. The third-order valence-corrected chi connectivity index (χ3v) is 5.63. The van der Waals surface area contributed by atoms with E-state index in [0.717, 1.165) is 56.5 Å². The van der Waals surface area contributed by atoms with Crippen molar-refractivity contribution < 1.29 is 4.52 Å². The van der Waals surface area contributed by atoms with E-state index >= 15 is 0 Å². The van der Waals surface area contributed by atoms with Crippen LogP contribution < -0.4 is 9.80 Å². The van der Waals surface area contributed by atoms with Crippen LogP contribution in [-0.2, 0) is 0 Å². The van der Waals surface area contributed by atoms with Gasteiger partial charge < -0.3 is 14.3 Å². The third kappa shape index (κ3) is 3.33. The summed E-state index contributed by atoms with van der Waals surface area (Å²) in [4.78, 5) is 18.0. The molecule has 0 radical (unpaired) electrons. The van der Waals surface area contributed by atoms with Crippen molar-refractivity contribution in [2.75, 3.05) is 47.5 Å². The Hall–Kier alpha value is -1.83. The molecular formula is C16H22N6OS. The fourth-order valence-corrected chi connectivity index (χ4v) is 4.21. The van der Waals surface area contributed by atoms with Crippen LogP contribution >= 0.6 is 11.8 Å². The van der Waals surface area contributed by atoms with Gasteiger partial charge in [0.15, 0.2) is 5.82 Å². The number of anilines is 2. The average Bonchev–Trinajstić information content (AvgIpc) is 3.09. The first-order chi connectivity index (χ1) is 11.8. The molecule has 128 valence electrons. The summed E-state index contributed by atoms with van der Waals surface area (Å²) in [6.45, 7) is 5.92. The van der Waals surface area contributed by atoms with Crippen molar-refractivity contribution in [1.82, 2.24) is 20.1 Å². The largest absolute Gasteiger partial charge is 0.356 e. The van der Waals surface area contributed by atoms with Gasteiger partial charge in [-0.05, 0) is 19.8 Å². The summed E-state index contributed by atoms with van der Waals surface area (Å²) in [5.41, 5.74) is 0. The zero-order valence-electron chi connectivity index (χ0n) is 13.9. The maximum absolute atomic E-state index is 5.33. The fourth-order valence-electron chi connectivity index (χ4n) is 3.31. The van der Waals surface area contributed by atoms with E-state index in [1.165, 1.54) is 11.5 Å². The van der Waals surface area contributed by atoms with E-state index in [9.17, 15) is 0 Å². The van der Waals surface area contributed by atoms with Crippen LogP contribution in [0.5, 0.6) is 0 Å². The van der Waals surface area contributed by atoms with Crippen LogP contribution in [0.1, 0.15) is 30.5 Å². The van der Waals surface area contributed by atoms with Gasteiger partial charge in [0.05, 0.1) is 0 Å². The Morgan fingerprint density at radius 2 is 1.71 bits per heavy atom. The molecule has 2 saturated heterocycles. The lowest BCUT2D eigenvalue weighted by atomic mass is 9.97. The minimum absolute atomic E-state index is 0.364. The van der Waals surface area contributed by atoms with Crippen molar-refractivity contribution in [2.24, 2.45) is 0 Å². The zero-order chi connectivity index (χ0) is 16.4. The van der Waals surface area contributed by atoms with Crippen LogP contribution in [0.15, 0.2) is 16.9 Å². The monoisotopic (exact) mass is 346 g/mol. The average molecular weight is 346 g/mol. The Labute approximate surface area is 145 Å². The predicted molar refractivity (Wildman–Crippen MR) is 94.8 cm³/mol. The summed E-state index contributed by atoms with van der Waals surface area (Å²) in [5, 5.41) is 3.90. The molecule has 0 spiro atoms. The van der Waals surface area contributed by atoms with Gasteiger partial charge in [-0.15, -0.1) is 0 Å². The maximum Gasteiger partial charge on any atom is 0.229 e.